The van der Waals surface area contributed by atoms with Crippen LogP contribution in [0.25, 0.3) is 0 Å². The Bertz CT molecular complexity index is 1670. The predicted molar refractivity (Wildman–Crippen MR) is 180 cm³/mol. The average molecular weight is 728 g/mol. The number of fused-ring (bicyclic) bond motifs is 3. The van der Waals surface area contributed by atoms with E-state index in [-0.39, 0.29) is 32.4 Å². The topological polar surface area (TPSA) is 190 Å². The summed E-state index contributed by atoms with van der Waals surface area (Å²) in [5.41, 5.74) is 0.493. The molecule has 1 unspecified atom stereocenters. The predicted octanol–water partition coefficient (Wildman–Crippen LogP) is 2.00. The van der Waals surface area contributed by atoms with Gasteiger partial charge in [0.05, 0.1) is 25.0 Å². The van der Waals surface area contributed by atoms with Crippen molar-refractivity contribution in [2.75, 3.05) is 19.8 Å². The number of nitrogens with one attached hydrogen (secondary N) is 3. The minimum Gasteiger partial charge on any atom is -0.444 e. The molecule has 2 aliphatic carbocycles. The van der Waals surface area contributed by atoms with Crippen molar-refractivity contribution in [1.82, 2.24) is 25.2 Å². The maximum Gasteiger partial charge on any atom is 0.410 e. The first-order valence-corrected chi connectivity index (χ1v) is 19.5. The molecule has 1 aromatic rings. The summed E-state index contributed by atoms with van der Waals surface area (Å²) < 4.78 is 44.4. The molecule has 15 nitrogen and oxygen atoms in total. The number of rotatable bonds is 6. The van der Waals surface area contributed by atoms with Gasteiger partial charge in [-0.1, -0.05) is 49.3 Å². The fourth-order valence-corrected chi connectivity index (χ4v) is 8.82. The summed E-state index contributed by atoms with van der Waals surface area (Å²) in [7, 11) is -3.90. The Labute approximate surface area is 296 Å². The van der Waals surface area contributed by atoms with Crippen molar-refractivity contribution in [3.63, 3.8) is 0 Å². The summed E-state index contributed by atoms with van der Waals surface area (Å²) in [5, 5.41) is 4.89. The van der Waals surface area contributed by atoms with Crippen molar-refractivity contribution >= 4 is 39.9 Å². The third-order valence-corrected chi connectivity index (χ3v) is 12.5. The van der Waals surface area contributed by atoms with Crippen molar-refractivity contribution in [2.45, 2.75) is 112 Å². The number of hydrogen-bond acceptors (Lipinski definition) is 10. The van der Waals surface area contributed by atoms with Crippen LogP contribution in [0.15, 0.2) is 36.4 Å². The number of amides is 5. The third-order valence-electron chi connectivity index (χ3n) is 10.7. The first-order chi connectivity index (χ1) is 24.5. The number of hydrogen-bond donors (Lipinski definition) is 3. The van der Waals surface area contributed by atoms with Gasteiger partial charge in [0.1, 0.15) is 29.8 Å². The van der Waals surface area contributed by atoms with E-state index in [1.165, 1.54) is 4.90 Å². The Kier molecular flexibility index (Phi) is 9.98. The standard InChI is InChI=1S/C35H45N5O10S/c41-30-29-16-26(50-34(45)39-18-22-8-6-7-9-23(22)19-39)20-40(29)31(42)28(36-33(44)49-25-14-15-48-21-25)11-5-3-1-2-4-10-24-17-35(24,37-30)32(43)38-51(46,47)27-12-13-27/h4,6-10,24-29H,1-3,5,11-21H2,(H,36,44)(H,37,41)(H,38,43)/b10-4-/t24-,25?,26-,28+,29+,35-/m1/s1. The zero-order valence-corrected chi connectivity index (χ0v) is 29.2. The molecule has 0 spiro atoms. The van der Waals surface area contributed by atoms with Gasteiger partial charge in [0.2, 0.25) is 21.8 Å². The lowest BCUT2D eigenvalue weighted by atomic mass is 10.0. The lowest BCUT2D eigenvalue weighted by Gasteiger charge is -2.30. The van der Waals surface area contributed by atoms with Crippen molar-refractivity contribution in [2.24, 2.45) is 5.92 Å². The van der Waals surface area contributed by atoms with Crippen LogP contribution in [0.1, 0.15) is 75.3 Å². The van der Waals surface area contributed by atoms with Gasteiger partial charge in [0.15, 0.2) is 0 Å². The van der Waals surface area contributed by atoms with Gasteiger partial charge >= 0.3 is 12.2 Å². The smallest absolute Gasteiger partial charge is 0.410 e. The highest BCUT2D eigenvalue weighted by molar-refractivity contribution is 7.91. The maximum atomic E-state index is 14.3. The van der Waals surface area contributed by atoms with Crippen LogP contribution in [-0.4, -0.2) is 103 Å². The molecule has 3 N–H and O–H groups in total. The molecule has 7 rings (SSSR count). The molecule has 16 heteroatoms. The minimum atomic E-state index is -3.90. The summed E-state index contributed by atoms with van der Waals surface area (Å²) in [6, 6.07) is 5.48. The molecule has 4 aliphatic heterocycles. The summed E-state index contributed by atoms with van der Waals surface area (Å²) in [6.07, 6.45) is 5.82. The van der Waals surface area contributed by atoms with E-state index in [9.17, 15) is 32.4 Å². The van der Waals surface area contributed by atoms with Crippen LogP contribution in [0, 0.1) is 5.92 Å². The van der Waals surface area contributed by atoms with E-state index in [2.05, 4.69) is 15.4 Å². The molecule has 6 atom stereocenters. The minimum absolute atomic E-state index is 0.0563. The van der Waals surface area contributed by atoms with Crippen LogP contribution in [0.5, 0.6) is 0 Å². The van der Waals surface area contributed by atoms with E-state index in [0.29, 0.717) is 51.8 Å². The van der Waals surface area contributed by atoms with Gasteiger partial charge in [0.25, 0.3) is 5.91 Å². The van der Waals surface area contributed by atoms with Crippen LogP contribution in [-0.2, 0) is 51.7 Å². The molecular formula is C35H45N5O10S. The molecule has 0 aromatic heterocycles. The fourth-order valence-electron chi connectivity index (χ4n) is 7.46. The second-order valence-electron chi connectivity index (χ2n) is 14.5. The zero-order valence-electron chi connectivity index (χ0n) is 28.4. The van der Waals surface area contributed by atoms with Gasteiger partial charge in [-0.3, -0.25) is 24.0 Å². The Hall–Kier alpha value is -4.18. The molecule has 6 aliphatic rings. The van der Waals surface area contributed by atoms with Gasteiger partial charge in [-0.05, 0) is 49.7 Å². The highest BCUT2D eigenvalue weighted by Crippen LogP contribution is 2.46. The first-order valence-electron chi connectivity index (χ1n) is 17.9. The van der Waals surface area contributed by atoms with Gasteiger partial charge < -0.3 is 29.7 Å². The second kappa shape index (κ2) is 14.4. The lowest BCUT2D eigenvalue weighted by Crippen LogP contribution is -2.58. The molecule has 276 valence electrons. The molecule has 2 saturated heterocycles. The monoisotopic (exact) mass is 727 g/mol. The quantitative estimate of drug-likeness (QED) is 0.366. The maximum absolute atomic E-state index is 14.3. The second-order valence-corrected chi connectivity index (χ2v) is 16.4. The van der Waals surface area contributed by atoms with Crippen LogP contribution in [0.3, 0.4) is 0 Å². The van der Waals surface area contributed by atoms with Crippen molar-refractivity contribution < 1.29 is 46.6 Å². The Morgan fingerprint density at radius 2 is 1.73 bits per heavy atom. The first kappa shape index (κ1) is 35.2. The molecular weight excluding hydrogens is 682 g/mol. The molecule has 0 bridgehead atoms. The number of carbonyl (C=O) groups is 5. The van der Waals surface area contributed by atoms with Crippen molar-refractivity contribution in [1.29, 1.82) is 0 Å². The largest absolute Gasteiger partial charge is 0.444 e. The molecule has 4 fully saturated rings. The zero-order chi connectivity index (χ0) is 35.8. The third kappa shape index (κ3) is 7.86. The van der Waals surface area contributed by atoms with Crippen LogP contribution in [0.2, 0.25) is 0 Å². The van der Waals surface area contributed by atoms with Gasteiger partial charge in [-0.15, -0.1) is 0 Å². The summed E-state index contributed by atoms with van der Waals surface area (Å²) in [6.45, 7) is 1.35. The van der Waals surface area contributed by atoms with E-state index in [1.54, 1.807) is 4.90 Å². The van der Waals surface area contributed by atoms with Gasteiger partial charge in [-0.2, -0.15) is 0 Å². The Morgan fingerprint density at radius 3 is 2.43 bits per heavy atom. The van der Waals surface area contributed by atoms with Gasteiger partial charge in [-0.25, -0.2) is 18.0 Å². The Balaban J connectivity index is 1.12. The lowest BCUT2D eigenvalue weighted by molar-refractivity contribution is -0.141. The normalized spacial score (nSPS) is 31.6. The van der Waals surface area contributed by atoms with E-state index in [4.69, 9.17) is 14.2 Å². The van der Waals surface area contributed by atoms with Crippen LogP contribution < -0.4 is 15.4 Å². The van der Waals surface area contributed by atoms with E-state index in [1.807, 2.05) is 36.4 Å². The number of alkyl carbamates (subject to hydrolysis) is 1. The van der Waals surface area contributed by atoms with E-state index >= 15 is 0 Å². The molecule has 4 heterocycles. The van der Waals surface area contributed by atoms with Crippen molar-refractivity contribution in [3.8, 4) is 0 Å². The highest BCUT2D eigenvalue weighted by Gasteiger charge is 2.62. The van der Waals surface area contributed by atoms with Crippen LogP contribution >= 0.6 is 0 Å². The molecule has 51 heavy (non-hydrogen) atoms. The number of allylic oxidation sites excluding steroid dienone is 1. The summed E-state index contributed by atoms with van der Waals surface area (Å²) >= 11 is 0. The highest BCUT2D eigenvalue weighted by atomic mass is 32.2. The van der Waals surface area contributed by atoms with Crippen molar-refractivity contribution in [3.05, 3.63) is 47.5 Å². The number of carbonyl (C=O) groups excluding carboxylic acids is 5. The van der Waals surface area contributed by atoms with Gasteiger partial charge in [0, 0.05) is 31.8 Å². The number of benzene rings is 1. The SMILES string of the molecule is O=C(N[C@H]1CCCCC/C=C\[C@@H]2C[C@@]2(C(=O)NS(=O)(=O)C2CC2)NC(=O)[C@@H]2C[C@@H](OC(=O)N3Cc4ccccc4C3)CN2C1=O)OC1CCOC1. The molecule has 1 aromatic carbocycles. The summed E-state index contributed by atoms with van der Waals surface area (Å²) in [5.74, 6) is -2.48. The molecule has 0 radical (unpaired) electrons. The Morgan fingerprint density at radius 1 is 0.961 bits per heavy atom. The van der Waals surface area contributed by atoms with E-state index in [0.717, 1.165) is 24.0 Å². The fraction of sp³-hybridized carbons (Fsp3) is 0.629. The number of ether oxygens (including phenoxy) is 3. The number of nitrogens with zero attached hydrogens (tertiary/aromatic N) is 2. The molecule has 2 saturated carbocycles. The number of sulfonamides is 1. The summed E-state index contributed by atoms with van der Waals surface area (Å²) in [4.78, 5) is 71.3. The molecule has 5 amide bonds. The average Bonchev–Trinajstić information content (AvgIpc) is 3.88. The van der Waals surface area contributed by atoms with E-state index < -0.39 is 80.9 Å². The van der Waals surface area contributed by atoms with Crippen LogP contribution in [0.4, 0.5) is 9.59 Å².